The molecule has 5 nitrogen and oxygen atoms in total. The third kappa shape index (κ3) is 2.87. The summed E-state index contributed by atoms with van der Waals surface area (Å²) in [4.78, 5) is 0. The van der Waals surface area contributed by atoms with Crippen LogP contribution in [0.2, 0.25) is 0 Å². The zero-order valence-electron chi connectivity index (χ0n) is 11.4. The molecule has 2 rings (SSSR count). The van der Waals surface area contributed by atoms with Crippen molar-refractivity contribution in [1.82, 2.24) is 8.61 Å². The van der Waals surface area contributed by atoms with E-state index in [0.29, 0.717) is 19.0 Å². The molecule has 0 aromatic heterocycles. The van der Waals surface area contributed by atoms with E-state index in [1.54, 1.807) is 11.4 Å². The van der Waals surface area contributed by atoms with Gasteiger partial charge in [0.2, 0.25) is 0 Å². The fraction of sp³-hybridized carbons (Fsp3) is 1.00. The average molecular weight is 275 g/mol. The monoisotopic (exact) mass is 275 g/mol. The predicted molar refractivity (Wildman–Crippen MR) is 72.3 cm³/mol. The number of rotatable bonds is 4. The first-order chi connectivity index (χ1) is 8.41. The van der Waals surface area contributed by atoms with Gasteiger partial charge in [-0.15, -0.1) is 0 Å². The lowest BCUT2D eigenvalue weighted by molar-refractivity contribution is 0.206. The second-order valence-electron chi connectivity index (χ2n) is 5.84. The molecular weight excluding hydrogens is 250 g/mol. The molecule has 18 heavy (non-hydrogen) atoms. The van der Waals surface area contributed by atoms with Gasteiger partial charge in [0.1, 0.15) is 0 Å². The van der Waals surface area contributed by atoms with Crippen molar-refractivity contribution in [2.24, 2.45) is 11.7 Å². The maximum absolute atomic E-state index is 12.5. The first kappa shape index (κ1) is 14.2. The number of nitrogens with two attached hydrogens (primary N) is 1. The molecule has 0 bridgehead atoms. The van der Waals surface area contributed by atoms with E-state index in [1.807, 2.05) is 6.92 Å². The zero-order chi connectivity index (χ0) is 13.3. The van der Waals surface area contributed by atoms with Crippen molar-refractivity contribution < 1.29 is 8.42 Å². The van der Waals surface area contributed by atoms with Gasteiger partial charge >= 0.3 is 0 Å². The Balaban J connectivity index is 1.96. The third-order valence-electron chi connectivity index (χ3n) is 4.22. The quantitative estimate of drug-likeness (QED) is 0.824. The van der Waals surface area contributed by atoms with Crippen molar-refractivity contribution in [3.63, 3.8) is 0 Å². The molecule has 1 unspecified atom stereocenters. The SMILES string of the molecule is CC1CCCCN1S(=O)(=O)N(C)CC1CC(N)C1. The molecule has 0 amide bonds. The van der Waals surface area contributed by atoms with Crippen LogP contribution in [-0.4, -0.2) is 49.2 Å². The highest BCUT2D eigenvalue weighted by Crippen LogP contribution is 2.28. The van der Waals surface area contributed by atoms with Gasteiger partial charge in [-0.2, -0.15) is 17.0 Å². The fourth-order valence-electron chi connectivity index (χ4n) is 2.99. The van der Waals surface area contributed by atoms with E-state index in [9.17, 15) is 8.42 Å². The van der Waals surface area contributed by atoms with Crippen LogP contribution < -0.4 is 5.73 Å². The van der Waals surface area contributed by atoms with Crippen LogP contribution in [0.15, 0.2) is 0 Å². The largest absolute Gasteiger partial charge is 0.328 e. The van der Waals surface area contributed by atoms with Crippen molar-refractivity contribution in [3.05, 3.63) is 0 Å². The minimum absolute atomic E-state index is 0.134. The molecular formula is C12H25N3O2S. The summed E-state index contributed by atoms with van der Waals surface area (Å²) in [7, 11) is -1.58. The highest BCUT2D eigenvalue weighted by atomic mass is 32.2. The molecule has 1 saturated heterocycles. The Hall–Kier alpha value is -0.170. The van der Waals surface area contributed by atoms with Gasteiger partial charge in [0.05, 0.1) is 0 Å². The van der Waals surface area contributed by atoms with Crippen LogP contribution in [0.25, 0.3) is 0 Å². The number of hydrogen-bond acceptors (Lipinski definition) is 3. The first-order valence-electron chi connectivity index (χ1n) is 6.90. The molecule has 1 atom stereocenters. The minimum atomic E-state index is -3.27. The summed E-state index contributed by atoms with van der Waals surface area (Å²) < 4.78 is 28.1. The zero-order valence-corrected chi connectivity index (χ0v) is 12.2. The molecule has 0 radical (unpaired) electrons. The molecule has 1 saturated carbocycles. The Morgan fingerprint density at radius 3 is 2.56 bits per heavy atom. The van der Waals surface area contributed by atoms with Gasteiger partial charge in [0, 0.05) is 32.2 Å². The summed E-state index contributed by atoms with van der Waals surface area (Å²) in [6.45, 7) is 3.28. The molecule has 2 aliphatic rings. The van der Waals surface area contributed by atoms with Crippen LogP contribution >= 0.6 is 0 Å². The molecule has 1 aliphatic heterocycles. The molecule has 0 aromatic rings. The summed E-state index contributed by atoms with van der Waals surface area (Å²) in [5.74, 6) is 0.444. The van der Waals surface area contributed by atoms with Gasteiger partial charge in [-0.1, -0.05) is 6.42 Å². The summed E-state index contributed by atoms with van der Waals surface area (Å²) in [5.41, 5.74) is 5.74. The highest BCUT2D eigenvalue weighted by molar-refractivity contribution is 7.86. The molecule has 0 aromatic carbocycles. The molecule has 1 heterocycles. The molecule has 0 spiro atoms. The second kappa shape index (κ2) is 5.45. The Morgan fingerprint density at radius 2 is 2.00 bits per heavy atom. The fourth-order valence-corrected chi connectivity index (χ4v) is 4.66. The maximum atomic E-state index is 12.5. The van der Waals surface area contributed by atoms with Gasteiger partial charge in [0.15, 0.2) is 0 Å². The van der Waals surface area contributed by atoms with E-state index in [4.69, 9.17) is 5.73 Å². The lowest BCUT2D eigenvalue weighted by Crippen LogP contribution is -2.51. The third-order valence-corrected chi connectivity index (χ3v) is 6.29. The minimum Gasteiger partial charge on any atom is -0.328 e. The predicted octanol–water partition coefficient (Wildman–Crippen LogP) is 0.775. The lowest BCUT2D eigenvalue weighted by atomic mass is 9.81. The molecule has 2 N–H and O–H groups in total. The number of hydrogen-bond donors (Lipinski definition) is 1. The van der Waals surface area contributed by atoms with Gasteiger partial charge in [-0.05, 0) is 38.5 Å². The Morgan fingerprint density at radius 1 is 1.33 bits per heavy atom. The van der Waals surface area contributed by atoms with E-state index >= 15 is 0 Å². The van der Waals surface area contributed by atoms with E-state index in [2.05, 4.69) is 0 Å². The molecule has 106 valence electrons. The van der Waals surface area contributed by atoms with Crippen molar-refractivity contribution in [3.8, 4) is 0 Å². The van der Waals surface area contributed by atoms with Crippen molar-refractivity contribution in [2.45, 2.75) is 51.1 Å². The van der Waals surface area contributed by atoms with E-state index in [-0.39, 0.29) is 12.1 Å². The van der Waals surface area contributed by atoms with E-state index in [0.717, 1.165) is 32.1 Å². The van der Waals surface area contributed by atoms with Crippen molar-refractivity contribution >= 4 is 10.2 Å². The van der Waals surface area contributed by atoms with Crippen molar-refractivity contribution in [1.29, 1.82) is 0 Å². The van der Waals surface area contributed by atoms with Gasteiger partial charge in [0.25, 0.3) is 10.2 Å². The highest BCUT2D eigenvalue weighted by Gasteiger charge is 2.35. The lowest BCUT2D eigenvalue weighted by Gasteiger charge is -2.39. The molecule has 1 aliphatic carbocycles. The van der Waals surface area contributed by atoms with E-state index in [1.165, 1.54) is 4.31 Å². The second-order valence-corrected chi connectivity index (χ2v) is 7.83. The van der Waals surface area contributed by atoms with Crippen LogP contribution in [-0.2, 0) is 10.2 Å². The van der Waals surface area contributed by atoms with Gasteiger partial charge in [-0.25, -0.2) is 0 Å². The van der Waals surface area contributed by atoms with Crippen LogP contribution in [0.3, 0.4) is 0 Å². The summed E-state index contributed by atoms with van der Waals surface area (Å²) in [6.07, 6.45) is 4.99. The van der Waals surface area contributed by atoms with Gasteiger partial charge < -0.3 is 5.73 Å². The van der Waals surface area contributed by atoms with Gasteiger partial charge in [-0.3, -0.25) is 0 Å². The summed E-state index contributed by atoms with van der Waals surface area (Å²) in [5, 5.41) is 0. The Labute approximate surface area is 110 Å². The maximum Gasteiger partial charge on any atom is 0.281 e. The summed E-state index contributed by atoms with van der Waals surface area (Å²) in [6, 6.07) is 0.412. The molecule has 6 heteroatoms. The standard InChI is InChI=1S/C12H25N3O2S/c1-10-5-3-4-6-15(10)18(16,17)14(2)9-11-7-12(13)8-11/h10-12H,3-9,13H2,1-2H3. The smallest absolute Gasteiger partial charge is 0.281 e. The van der Waals surface area contributed by atoms with Crippen LogP contribution in [0, 0.1) is 5.92 Å². The summed E-state index contributed by atoms with van der Waals surface area (Å²) >= 11 is 0. The normalized spacial score (nSPS) is 34.6. The number of piperidine rings is 1. The van der Waals surface area contributed by atoms with E-state index < -0.39 is 10.2 Å². The average Bonchev–Trinajstić information content (AvgIpc) is 2.27. The first-order valence-corrected chi connectivity index (χ1v) is 8.29. The Kier molecular flexibility index (Phi) is 4.31. The van der Waals surface area contributed by atoms with Crippen LogP contribution in [0.4, 0.5) is 0 Å². The van der Waals surface area contributed by atoms with Crippen LogP contribution in [0.5, 0.6) is 0 Å². The Bertz CT molecular complexity index is 379. The topological polar surface area (TPSA) is 66.6 Å². The molecule has 2 fully saturated rings. The van der Waals surface area contributed by atoms with Crippen molar-refractivity contribution in [2.75, 3.05) is 20.1 Å². The van der Waals surface area contributed by atoms with Crippen LogP contribution in [0.1, 0.15) is 39.0 Å². The number of nitrogens with zero attached hydrogens (tertiary/aromatic N) is 2.